The highest BCUT2D eigenvalue weighted by molar-refractivity contribution is 7.98. The smallest absolute Gasteiger partial charge is 0.232 e. The van der Waals surface area contributed by atoms with Crippen LogP contribution in [0.25, 0.3) is 0 Å². The second-order valence-corrected chi connectivity index (χ2v) is 8.40. The number of anilines is 3. The molecule has 1 aromatic carbocycles. The molecule has 0 spiro atoms. The van der Waals surface area contributed by atoms with Crippen molar-refractivity contribution in [1.82, 2.24) is 29.7 Å². The molecule has 1 aliphatic carbocycles. The van der Waals surface area contributed by atoms with E-state index in [-0.39, 0.29) is 5.95 Å². The molecule has 0 amide bonds. The van der Waals surface area contributed by atoms with Gasteiger partial charge < -0.3 is 15.6 Å². The van der Waals surface area contributed by atoms with Crippen LogP contribution in [-0.2, 0) is 12.2 Å². The van der Waals surface area contributed by atoms with Crippen LogP contribution >= 0.6 is 11.8 Å². The second kappa shape index (κ2) is 8.36. The van der Waals surface area contributed by atoms with Crippen LogP contribution in [0.15, 0.2) is 29.4 Å². The average molecular weight is 411 g/mol. The van der Waals surface area contributed by atoms with Gasteiger partial charge in [0.2, 0.25) is 11.9 Å². The Morgan fingerprint density at radius 3 is 2.69 bits per heavy atom. The number of hydrogen-bond donors (Lipinski definition) is 2. The lowest BCUT2D eigenvalue weighted by atomic mass is 10.1. The third-order valence-corrected chi connectivity index (χ3v) is 5.73. The molecule has 0 unspecified atom stereocenters. The van der Waals surface area contributed by atoms with E-state index in [4.69, 9.17) is 5.73 Å². The van der Waals surface area contributed by atoms with Gasteiger partial charge in [-0.1, -0.05) is 50.7 Å². The maximum atomic E-state index is 5.94. The summed E-state index contributed by atoms with van der Waals surface area (Å²) < 4.78 is 2.27. The minimum atomic E-state index is 0.207. The lowest BCUT2D eigenvalue weighted by molar-refractivity contribution is 0.599. The van der Waals surface area contributed by atoms with E-state index < -0.39 is 0 Å². The van der Waals surface area contributed by atoms with Crippen LogP contribution in [0.4, 0.5) is 17.6 Å². The van der Waals surface area contributed by atoms with E-state index in [1.165, 1.54) is 18.4 Å². The zero-order valence-corrected chi connectivity index (χ0v) is 17.8. The zero-order valence-electron chi connectivity index (χ0n) is 17.0. The maximum Gasteiger partial charge on any atom is 0.232 e. The van der Waals surface area contributed by atoms with Crippen molar-refractivity contribution in [3.05, 3.63) is 41.5 Å². The van der Waals surface area contributed by atoms with Crippen LogP contribution in [0.1, 0.15) is 62.8 Å². The van der Waals surface area contributed by atoms with Crippen molar-refractivity contribution >= 4 is 29.3 Å². The predicted molar refractivity (Wildman–Crippen MR) is 115 cm³/mol. The molecule has 2 aromatic heterocycles. The third-order valence-electron chi connectivity index (χ3n) is 4.79. The van der Waals surface area contributed by atoms with Gasteiger partial charge in [-0.15, -0.1) is 10.2 Å². The fourth-order valence-electron chi connectivity index (χ4n) is 3.21. The van der Waals surface area contributed by atoms with Crippen molar-refractivity contribution in [1.29, 1.82) is 0 Å². The van der Waals surface area contributed by atoms with Crippen molar-refractivity contribution in [3.63, 3.8) is 0 Å². The van der Waals surface area contributed by atoms with E-state index in [9.17, 15) is 0 Å². The Morgan fingerprint density at radius 2 is 1.97 bits per heavy atom. The van der Waals surface area contributed by atoms with E-state index >= 15 is 0 Å². The van der Waals surface area contributed by atoms with Crippen molar-refractivity contribution in [2.24, 2.45) is 0 Å². The van der Waals surface area contributed by atoms with Gasteiger partial charge in [-0.05, 0) is 30.9 Å². The molecule has 8 nitrogen and oxygen atoms in total. The zero-order chi connectivity index (χ0) is 20.4. The van der Waals surface area contributed by atoms with Gasteiger partial charge in [0.1, 0.15) is 11.6 Å². The third kappa shape index (κ3) is 4.50. The minimum Gasteiger partial charge on any atom is -0.368 e. The molecule has 29 heavy (non-hydrogen) atoms. The van der Waals surface area contributed by atoms with E-state index in [0.29, 0.717) is 29.5 Å². The standard InChI is InChI=1S/C20H26N8S/c1-4-13-7-5-6-8-15(13)22-19-24-16(23-18(21)25-19)11-29-20-27-26-17(12(2)3)28(20)14-9-10-14/h5-8,12,14H,4,9-11H2,1-3H3,(H3,21,22,23,24,25). The highest BCUT2D eigenvalue weighted by Gasteiger charge is 2.30. The summed E-state index contributed by atoms with van der Waals surface area (Å²) in [5.74, 6) is 3.23. The number of nitrogens with two attached hydrogens (primary N) is 1. The number of aryl methyl sites for hydroxylation is 1. The first-order valence-electron chi connectivity index (χ1n) is 9.98. The quantitative estimate of drug-likeness (QED) is 0.534. The summed E-state index contributed by atoms with van der Waals surface area (Å²) in [5, 5.41) is 13.0. The molecule has 0 bridgehead atoms. The molecule has 3 N–H and O–H groups in total. The van der Waals surface area contributed by atoms with Crippen LogP contribution in [-0.4, -0.2) is 29.7 Å². The summed E-state index contributed by atoms with van der Waals surface area (Å²) in [4.78, 5) is 13.1. The fraction of sp³-hybridized carbons (Fsp3) is 0.450. The summed E-state index contributed by atoms with van der Waals surface area (Å²) >= 11 is 1.59. The molecule has 1 fully saturated rings. The SMILES string of the molecule is CCc1ccccc1Nc1nc(N)nc(CSc2nnc(C(C)C)n2C2CC2)n1. The molecular weight excluding hydrogens is 384 g/mol. The highest BCUT2D eigenvalue weighted by Crippen LogP contribution is 2.40. The van der Waals surface area contributed by atoms with Gasteiger partial charge in [-0.3, -0.25) is 0 Å². The normalized spacial score (nSPS) is 13.8. The summed E-state index contributed by atoms with van der Waals surface area (Å²) in [5.41, 5.74) is 8.12. The molecule has 0 radical (unpaired) electrons. The lowest BCUT2D eigenvalue weighted by Crippen LogP contribution is -2.08. The van der Waals surface area contributed by atoms with Gasteiger partial charge in [0.25, 0.3) is 0 Å². The molecular formula is C20H26N8S. The number of nitrogens with one attached hydrogen (secondary N) is 1. The Morgan fingerprint density at radius 1 is 1.17 bits per heavy atom. The van der Waals surface area contributed by atoms with Gasteiger partial charge in [-0.25, -0.2) is 0 Å². The first-order valence-corrected chi connectivity index (χ1v) is 11.0. The second-order valence-electron chi connectivity index (χ2n) is 7.45. The van der Waals surface area contributed by atoms with Gasteiger partial charge in [0.15, 0.2) is 5.16 Å². The van der Waals surface area contributed by atoms with Crippen LogP contribution < -0.4 is 11.1 Å². The maximum absolute atomic E-state index is 5.94. The molecule has 3 aromatic rings. The number of rotatable bonds is 8. The minimum absolute atomic E-state index is 0.207. The molecule has 0 saturated heterocycles. The number of thioether (sulfide) groups is 1. The topological polar surface area (TPSA) is 107 Å². The molecule has 2 heterocycles. The summed E-state index contributed by atoms with van der Waals surface area (Å²) in [6, 6.07) is 8.63. The number of aromatic nitrogens is 6. The number of benzene rings is 1. The fourth-order valence-corrected chi connectivity index (χ4v) is 4.08. The predicted octanol–water partition coefficient (Wildman–Crippen LogP) is 4.10. The van der Waals surface area contributed by atoms with Crippen molar-refractivity contribution in [2.75, 3.05) is 11.1 Å². The molecule has 1 saturated carbocycles. The first-order chi connectivity index (χ1) is 14.0. The number of hydrogen-bond acceptors (Lipinski definition) is 8. The van der Waals surface area contributed by atoms with Gasteiger partial charge >= 0.3 is 0 Å². The molecule has 4 rings (SSSR count). The summed E-state index contributed by atoms with van der Waals surface area (Å²) in [7, 11) is 0. The van der Waals surface area contributed by atoms with Crippen molar-refractivity contribution in [3.8, 4) is 0 Å². The van der Waals surface area contributed by atoms with Crippen molar-refractivity contribution in [2.45, 2.75) is 62.9 Å². The molecule has 152 valence electrons. The monoisotopic (exact) mass is 410 g/mol. The van der Waals surface area contributed by atoms with Gasteiger partial charge in [0.05, 0.1) is 5.75 Å². The Bertz CT molecular complexity index is 996. The molecule has 0 aliphatic heterocycles. The number of nitrogens with zero attached hydrogens (tertiary/aromatic N) is 6. The highest BCUT2D eigenvalue weighted by atomic mass is 32.2. The average Bonchev–Trinajstić information content (AvgIpc) is 3.45. The van der Waals surface area contributed by atoms with Crippen LogP contribution in [0.3, 0.4) is 0 Å². The summed E-state index contributed by atoms with van der Waals surface area (Å²) in [6.07, 6.45) is 3.30. The molecule has 0 atom stereocenters. The first kappa shape index (κ1) is 19.6. The Kier molecular flexibility index (Phi) is 5.66. The Hall–Kier alpha value is -2.68. The van der Waals surface area contributed by atoms with Crippen molar-refractivity contribution < 1.29 is 0 Å². The Labute approximate surface area is 174 Å². The van der Waals surface area contributed by atoms with E-state index in [1.807, 2.05) is 18.2 Å². The number of nitrogen functional groups attached to an aromatic ring is 1. The Balaban J connectivity index is 1.52. The van der Waals surface area contributed by atoms with E-state index in [0.717, 1.165) is 23.1 Å². The van der Waals surface area contributed by atoms with Gasteiger partial charge in [-0.2, -0.15) is 15.0 Å². The largest absolute Gasteiger partial charge is 0.368 e. The molecule has 9 heteroatoms. The van der Waals surface area contributed by atoms with Gasteiger partial charge in [0, 0.05) is 17.6 Å². The van der Waals surface area contributed by atoms with E-state index in [1.54, 1.807) is 11.8 Å². The van der Waals surface area contributed by atoms with Crippen LogP contribution in [0, 0.1) is 0 Å². The van der Waals surface area contributed by atoms with Crippen LogP contribution in [0.5, 0.6) is 0 Å². The lowest BCUT2D eigenvalue weighted by Gasteiger charge is -2.11. The van der Waals surface area contributed by atoms with Crippen LogP contribution in [0.2, 0.25) is 0 Å². The molecule has 1 aliphatic rings. The number of para-hydroxylation sites is 1. The summed E-state index contributed by atoms with van der Waals surface area (Å²) in [6.45, 7) is 6.41. The van der Waals surface area contributed by atoms with E-state index in [2.05, 4.69) is 61.9 Å².